The molecule has 0 radical (unpaired) electrons. The highest BCUT2D eigenvalue weighted by atomic mass is 35.5. The van der Waals surface area contributed by atoms with Crippen molar-refractivity contribution in [3.63, 3.8) is 0 Å². The third-order valence-electron chi connectivity index (χ3n) is 11.2. The van der Waals surface area contributed by atoms with Gasteiger partial charge >= 0.3 is 5.97 Å². The van der Waals surface area contributed by atoms with Crippen LogP contribution in [0.2, 0.25) is 5.02 Å². The minimum absolute atomic E-state index is 0.0492. The number of nitrogens with zero attached hydrogens (tertiary/aromatic N) is 6. The maximum absolute atomic E-state index is 14.2. The number of fused-ring (bicyclic) bond motifs is 1. The van der Waals surface area contributed by atoms with Gasteiger partial charge in [0, 0.05) is 68.5 Å². The molecule has 4 heterocycles. The molecule has 64 heavy (non-hydrogen) atoms. The van der Waals surface area contributed by atoms with Gasteiger partial charge in [0.05, 0.1) is 29.3 Å². The second-order valence-electron chi connectivity index (χ2n) is 15.6. The van der Waals surface area contributed by atoms with Crippen molar-refractivity contribution >= 4 is 39.1 Å². The van der Waals surface area contributed by atoms with Crippen LogP contribution < -0.4 is 14.2 Å². The number of halogens is 2. The second kappa shape index (κ2) is 20.6. The number of rotatable bonds is 18. The molecule has 7 aromatic rings. The van der Waals surface area contributed by atoms with Gasteiger partial charge in [-0.25, -0.2) is 29.1 Å². The van der Waals surface area contributed by atoms with E-state index >= 15 is 0 Å². The minimum atomic E-state index is -1.38. The first-order chi connectivity index (χ1) is 31.2. The van der Waals surface area contributed by atoms with E-state index < -0.39 is 12.1 Å². The van der Waals surface area contributed by atoms with Gasteiger partial charge in [-0.1, -0.05) is 72.3 Å². The molecule has 1 atom stereocenters. The number of ether oxygens (including phenoxy) is 4. The van der Waals surface area contributed by atoms with E-state index in [4.69, 9.17) is 35.5 Å². The van der Waals surface area contributed by atoms with Gasteiger partial charge in [0.25, 0.3) is 0 Å². The molecule has 1 fully saturated rings. The summed E-state index contributed by atoms with van der Waals surface area (Å²) in [5, 5.41) is 11.6. The van der Waals surface area contributed by atoms with Crippen LogP contribution >= 0.6 is 22.9 Å². The van der Waals surface area contributed by atoms with Crippen LogP contribution in [0.1, 0.15) is 28.8 Å². The lowest BCUT2D eigenvalue weighted by atomic mass is 9.96. The zero-order valence-corrected chi connectivity index (χ0v) is 37.4. The average Bonchev–Trinajstić information content (AvgIpc) is 3.70. The Morgan fingerprint density at radius 2 is 1.64 bits per heavy atom. The van der Waals surface area contributed by atoms with Crippen LogP contribution in [0, 0.1) is 12.7 Å². The van der Waals surface area contributed by atoms with Crippen molar-refractivity contribution in [2.45, 2.75) is 39.1 Å². The van der Waals surface area contributed by atoms with E-state index in [2.05, 4.69) is 31.8 Å². The van der Waals surface area contributed by atoms with Crippen molar-refractivity contribution in [3.05, 3.63) is 137 Å². The van der Waals surface area contributed by atoms with E-state index in [9.17, 15) is 14.3 Å². The summed E-state index contributed by atoms with van der Waals surface area (Å²) in [6, 6.07) is 26.8. The topological polar surface area (TPSA) is 132 Å². The molecule has 15 heteroatoms. The Hall–Kier alpha value is -6.03. The van der Waals surface area contributed by atoms with Gasteiger partial charge in [0.15, 0.2) is 5.82 Å². The van der Waals surface area contributed by atoms with Crippen LogP contribution in [0.4, 0.5) is 4.39 Å². The number of aromatic nitrogens is 4. The highest BCUT2D eigenvalue weighted by Gasteiger charge is 2.28. The molecule has 1 aliphatic rings. The summed E-state index contributed by atoms with van der Waals surface area (Å²) in [7, 11) is 3.79. The van der Waals surface area contributed by atoms with Crippen LogP contribution in [-0.4, -0.2) is 100 Å². The molecule has 3 aromatic heterocycles. The fourth-order valence-corrected chi connectivity index (χ4v) is 9.12. The number of benzene rings is 4. The van der Waals surface area contributed by atoms with Crippen molar-refractivity contribution in [1.29, 1.82) is 0 Å². The SMILES string of the molecule is COCc1ccccc1-c1nccc(COc2ccccc2C[C@@H](Oc2ncnc3sc(-c4ccc(F)cc4)c(-c4ccc(OCCCN5CCN(C)CC5)c(Cl)c4C)c23)C(=O)O)n1. The van der Waals surface area contributed by atoms with Crippen molar-refractivity contribution in [3.8, 4) is 50.3 Å². The van der Waals surface area contributed by atoms with Crippen molar-refractivity contribution < 1.29 is 33.2 Å². The largest absolute Gasteiger partial charge is 0.492 e. The summed E-state index contributed by atoms with van der Waals surface area (Å²) < 4.78 is 38.5. The summed E-state index contributed by atoms with van der Waals surface area (Å²) in [5.74, 6) is 0.102. The van der Waals surface area contributed by atoms with E-state index in [0.29, 0.717) is 62.6 Å². The zero-order valence-electron chi connectivity index (χ0n) is 35.8. The van der Waals surface area contributed by atoms with Crippen LogP contribution in [0.25, 0.3) is 43.2 Å². The minimum Gasteiger partial charge on any atom is -0.492 e. The average molecular weight is 903 g/mol. The molecule has 330 valence electrons. The molecule has 1 N–H and O–H groups in total. The Morgan fingerprint density at radius 1 is 0.875 bits per heavy atom. The van der Waals surface area contributed by atoms with E-state index in [0.717, 1.165) is 71.8 Å². The first-order valence-electron chi connectivity index (χ1n) is 21.0. The molecule has 1 aliphatic heterocycles. The summed E-state index contributed by atoms with van der Waals surface area (Å²) in [5.41, 5.74) is 5.98. The molecular formula is C49H48ClFN6O6S. The predicted octanol–water partition coefficient (Wildman–Crippen LogP) is 9.40. The number of carbonyl (C=O) groups is 1. The number of aliphatic carboxylic acids is 1. The van der Waals surface area contributed by atoms with E-state index in [-0.39, 0.29) is 24.7 Å². The number of hydrogen-bond acceptors (Lipinski definition) is 12. The second-order valence-corrected chi connectivity index (χ2v) is 17.0. The summed E-state index contributed by atoms with van der Waals surface area (Å²) >= 11 is 8.44. The number of methoxy groups -OCH3 is 1. The molecule has 1 saturated heterocycles. The maximum atomic E-state index is 14.2. The van der Waals surface area contributed by atoms with Crippen molar-refractivity contribution in [2.24, 2.45) is 0 Å². The molecule has 12 nitrogen and oxygen atoms in total. The summed E-state index contributed by atoms with van der Waals surface area (Å²) in [6.45, 7) is 8.09. The predicted molar refractivity (Wildman–Crippen MR) is 247 cm³/mol. The van der Waals surface area contributed by atoms with Gasteiger partial charge in [-0.15, -0.1) is 11.3 Å². The van der Waals surface area contributed by atoms with Crippen LogP contribution in [0.5, 0.6) is 17.4 Å². The number of thiophene rings is 1. The Labute approximate surface area is 380 Å². The lowest BCUT2D eigenvalue weighted by Gasteiger charge is -2.32. The van der Waals surface area contributed by atoms with Crippen molar-refractivity contribution in [1.82, 2.24) is 29.7 Å². The van der Waals surface area contributed by atoms with Gasteiger partial charge in [-0.05, 0) is 78.5 Å². The fraction of sp³-hybridized carbons (Fsp3) is 0.286. The van der Waals surface area contributed by atoms with Gasteiger partial charge in [-0.2, -0.15) is 0 Å². The summed E-state index contributed by atoms with van der Waals surface area (Å²) in [4.78, 5) is 37.5. The number of hydrogen-bond donors (Lipinski definition) is 1. The monoisotopic (exact) mass is 902 g/mol. The smallest absolute Gasteiger partial charge is 0.345 e. The molecular weight excluding hydrogens is 855 g/mol. The van der Waals surface area contributed by atoms with Gasteiger partial charge in [-0.3, -0.25) is 0 Å². The number of piperazine rings is 1. The van der Waals surface area contributed by atoms with Crippen LogP contribution in [0.15, 0.2) is 104 Å². The number of para-hydroxylation sites is 1. The highest BCUT2D eigenvalue weighted by molar-refractivity contribution is 7.22. The highest BCUT2D eigenvalue weighted by Crippen LogP contribution is 2.49. The lowest BCUT2D eigenvalue weighted by Crippen LogP contribution is -2.44. The van der Waals surface area contributed by atoms with Gasteiger partial charge in [0.1, 0.15) is 35.1 Å². The number of carboxylic acid groups (broad SMARTS) is 1. The Kier molecular flexibility index (Phi) is 14.4. The Morgan fingerprint density at radius 3 is 2.42 bits per heavy atom. The molecule has 0 saturated carbocycles. The molecule has 0 bridgehead atoms. The van der Waals surface area contributed by atoms with E-state index in [1.807, 2.05) is 55.5 Å². The van der Waals surface area contributed by atoms with Gasteiger partial charge < -0.3 is 33.9 Å². The van der Waals surface area contributed by atoms with Crippen LogP contribution in [0.3, 0.4) is 0 Å². The Bertz CT molecular complexity index is 2730. The lowest BCUT2D eigenvalue weighted by molar-refractivity contribution is -0.145. The van der Waals surface area contributed by atoms with E-state index in [1.165, 1.54) is 29.8 Å². The molecule has 8 rings (SSSR count). The zero-order chi connectivity index (χ0) is 44.6. The van der Waals surface area contributed by atoms with Crippen molar-refractivity contribution in [2.75, 3.05) is 53.5 Å². The maximum Gasteiger partial charge on any atom is 0.345 e. The van der Waals surface area contributed by atoms with Crippen LogP contribution in [-0.2, 0) is 29.2 Å². The standard InChI is InChI=1S/C49H48ClFN6O6S/c1-31-37(17-18-40(44(31)50)61-26-8-21-57-24-22-56(2)23-25-57)42-43-47(53-30-54-48(43)64-45(42)32-13-15-35(51)16-14-32)63-41(49(58)59)27-33-9-5-7-12-39(33)62-29-36-19-20-52-46(55-36)38-11-6-4-10-34(38)28-60-3/h4-7,9-20,30,41H,8,21-29H2,1-3H3,(H,58,59)/t41-/m1/s1. The molecule has 0 amide bonds. The quantitative estimate of drug-likeness (QED) is 0.0824. The normalized spacial score (nSPS) is 13.8. The molecule has 4 aromatic carbocycles. The molecule has 0 aliphatic carbocycles. The first kappa shape index (κ1) is 44.6. The Balaban J connectivity index is 1.06. The first-order valence-corrected chi connectivity index (χ1v) is 22.2. The van der Waals surface area contributed by atoms with E-state index in [1.54, 1.807) is 43.6 Å². The summed E-state index contributed by atoms with van der Waals surface area (Å²) in [6.07, 6.45) is 2.47. The fourth-order valence-electron chi connectivity index (χ4n) is 7.75. The number of carboxylic acids is 1. The molecule has 0 spiro atoms. The number of likely N-dealkylation sites (N-methyl/N-ethyl adjacent to an activating group) is 1. The van der Waals surface area contributed by atoms with Gasteiger partial charge in [0.2, 0.25) is 12.0 Å². The third kappa shape index (κ3) is 10.3. The molecule has 0 unspecified atom stereocenters. The third-order valence-corrected chi connectivity index (χ3v) is 12.8.